The van der Waals surface area contributed by atoms with Gasteiger partial charge in [0.05, 0.1) is 14.2 Å². The van der Waals surface area contributed by atoms with Gasteiger partial charge in [-0.15, -0.1) is 11.8 Å². The van der Waals surface area contributed by atoms with Crippen LogP contribution in [0.2, 0.25) is 0 Å². The van der Waals surface area contributed by atoms with Gasteiger partial charge in [-0.2, -0.15) is 0 Å². The average Bonchev–Trinajstić information content (AvgIpc) is 2.43. The summed E-state index contributed by atoms with van der Waals surface area (Å²) >= 11 is 1.48. The van der Waals surface area contributed by atoms with Crippen LogP contribution in [-0.4, -0.2) is 36.1 Å². The normalized spacial score (nSPS) is 12.8. The van der Waals surface area contributed by atoms with Gasteiger partial charge in [-0.05, 0) is 32.0 Å². The van der Waals surface area contributed by atoms with Gasteiger partial charge in [-0.3, -0.25) is 4.79 Å². The molecule has 112 valence electrons. The van der Waals surface area contributed by atoms with Crippen LogP contribution in [0.25, 0.3) is 0 Å². The molecule has 0 bridgehead atoms. The summed E-state index contributed by atoms with van der Waals surface area (Å²) in [7, 11) is 3.20. The first-order chi connectivity index (χ1) is 9.31. The lowest BCUT2D eigenvalue weighted by atomic mass is 10.1. The first-order valence-corrected chi connectivity index (χ1v) is 7.13. The SMILES string of the molecule is COc1ccc(OC)c(CSC(C)(C)[C@@H](N)C(=O)O)c1. The van der Waals surface area contributed by atoms with Crippen LogP contribution in [-0.2, 0) is 10.5 Å². The van der Waals surface area contributed by atoms with Gasteiger partial charge in [0.2, 0.25) is 0 Å². The number of benzene rings is 1. The molecule has 1 aromatic carbocycles. The van der Waals surface area contributed by atoms with Crippen molar-refractivity contribution in [2.75, 3.05) is 14.2 Å². The Morgan fingerprint density at radius 3 is 2.55 bits per heavy atom. The van der Waals surface area contributed by atoms with Crippen molar-refractivity contribution in [3.8, 4) is 11.5 Å². The van der Waals surface area contributed by atoms with Crippen LogP contribution >= 0.6 is 11.8 Å². The molecule has 0 radical (unpaired) electrons. The van der Waals surface area contributed by atoms with Crippen LogP contribution in [0, 0.1) is 0 Å². The number of carbonyl (C=O) groups is 1. The van der Waals surface area contributed by atoms with Crippen LogP contribution in [0.15, 0.2) is 18.2 Å². The van der Waals surface area contributed by atoms with Crippen molar-refractivity contribution < 1.29 is 19.4 Å². The summed E-state index contributed by atoms with van der Waals surface area (Å²) in [6.45, 7) is 3.65. The Bertz CT molecular complexity index is 476. The van der Waals surface area contributed by atoms with E-state index in [1.165, 1.54) is 11.8 Å². The lowest BCUT2D eigenvalue weighted by Crippen LogP contribution is -2.46. The van der Waals surface area contributed by atoms with E-state index in [9.17, 15) is 4.79 Å². The van der Waals surface area contributed by atoms with Gasteiger partial charge in [0, 0.05) is 16.1 Å². The highest BCUT2D eigenvalue weighted by atomic mass is 32.2. The van der Waals surface area contributed by atoms with Crippen molar-refractivity contribution in [3.63, 3.8) is 0 Å². The van der Waals surface area contributed by atoms with E-state index in [2.05, 4.69) is 0 Å². The Hall–Kier alpha value is -1.40. The molecule has 0 aliphatic rings. The molecule has 0 aromatic heterocycles. The zero-order valence-electron chi connectivity index (χ0n) is 12.2. The maximum Gasteiger partial charge on any atom is 0.321 e. The molecule has 1 aromatic rings. The van der Waals surface area contributed by atoms with Crippen molar-refractivity contribution in [2.45, 2.75) is 30.4 Å². The van der Waals surface area contributed by atoms with E-state index in [0.717, 1.165) is 17.1 Å². The van der Waals surface area contributed by atoms with E-state index in [0.29, 0.717) is 5.75 Å². The summed E-state index contributed by atoms with van der Waals surface area (Å²) in [6.07, 6.45) is 0. The molecule has 5 nitrogen and oxygen atoms in total. The largest absolute Gasteiger partial charge is 0.497 e. The summed E-state index contributed by atoms with van der Waals surface area (Å²) < 4.78 is 9.91. The van der Waals surface area contributed by atoms with E-state index in [1.807, 2.05) is 32.0 Å². The van der Waals surface area contributed by atoms with Crippen molar-refractivity contribution in [3.05, 3.63) is 23.8 Å². The van der Waals surface area contributed by atoms with E-state index in [4.69, 9.17) is 20.3 Å². The zero-order valence-corrected chi connectivity index (χ0v) is 13.0. The Labute approximate surface area is 123 Å². The molecule has 0 amide bonds. The van der Waals surface area contributed by atoms with Gasteiger partial charge in [-0.1, -0.05) is 0 Å². The van der Waals surface area contributed by atoms with Crippen LogP contribution in [0.4, 0.5) is 0 Å². The molecule has 0 fully saturated rings. The predicted molar refractivity (Wildman–Crippen MR) is 80.5 cm³/mol. The zero-order chi connectivity index (χ0) is 15.3. The maximum absolute atomic E-state index is 11.0. The molecule has 0 unspecified atom stereocenters. The number of hydrogen-bond donors (Lipinski definition) is 2. The highest BCUT2D eigenvalue weighted by molar-refractivity contribution is 7.99. The lowest BCUT2D eigenvalue weighted by Gasteiger charge is -2.28. The van der Waals surface area contributed by atoms with Gasteiger partial charge in [0.25, 0.3) is 0 Å². The first kappa shape index (κ1) is 16.7. The molecule has 0 saturated heterocycles. The fourth-order valence-corrected chi connectivity index (χ4v) is 2.68. The van der Waals surface area contributed by atoms with Crippen LogP contribution in [0.1, 0.15) is 19.4 Å². The smallest absolute Gasteiger partial charge is 0.321 e. The fraction of sp³-hybridized carbons (Fsp3) is 0.500. The third-order valence-electron chi connectivity index (χ3n) is 3.10. The van der Waals surface area contributed by atoms with Gasteiger partial charge < -0.3 is 20.3 Å². The number of carboxylic acid groups (broad SMARTS) is 1. The molecule has 0 spiro atoms. The van der Waals surface area contributed by atoms with Crippen LogP contribution in [0.5, 0.6) is 11.5 Å². The highest BCUT2D eigenvalue weighted by Gasteiger charge is 2.32. The van der Waals surface area contributed by atoms with E-state index < -0.39 is 16.8 Å². The first-order valence-electron chi connectivity index (χ1n) is 6.15. The van der Waals surface area contributed by atoms with Crippen LogP contribution in [0.3, 0.4) is 0 Å². The van der Waals surface area contributed by atoms with E-state index in [-0.39, 0.29) is 0 Å². The van der Waals surface area contributed by atoms with Gasteiger partial charge in [-0.25, -0.2) is 0 Å². The molecule has 1 atom stereocenters. The third kappa shape index (κ3) is 4.05. The number of hydrogen-bond acceptors (Lipinski definition) is 5. The highest BCUT2D eigenvalue weighted by Crippen LogP contribution is 2.34. The van der Waals surface area contributed by atoms with Crippen LogP contribution < -0.4 is 15.2 Å². The Morgan fingerprint density at radius 1 is 1.40 bits per heavy atom. The topological polar surface area (TPSA) is 81.8 Å². The number of thioether (sulfide) groups is 1. The Balaban J connectivity index is 2.85. The summed E-state index contributed by atoms with van der Waals surface area (Å²) in [5.41, 5.74) is 6.66. The minimum Gasteiger partial charge on any atom is -0.497 e. The predicted octanol–water partition coefficient (Wildman–Crippen LogP) is 2.13. The summed E-state index contributed by atoms with van der Waals surface area (Å²) in [4.78, 5) is 11.0. The number of carboxylic acids is 1. The second-order valence-electron chi connectivity index (χ2n) is 4.89. The molecule has 0 saturated carbocycles. The molecule has 1 rings (SSSR count). The number of ether oxygens (including phenoxy) is 2. The standard InChI is InChI=1S/C14H21NO4S/c1-14(2,12(15)13(16)17)20-8-9-7-10(18-3)5-6-11(9)19-4/h5-7,12H,8,15H2,1-4H3,(H,16,17)/t12-/m0/s1. The average molecular weight is 299 g/mol. The summed E-state index contributed by atoms with van der Waals surface area (Å²) in [5.74, 6) is 1.08. The molecular formula is C14H21NO4S. The number of nitrogens with two attached hydrogens (primary N) is 1. The minimum absolute atomic E-state index is 0.583. The van der Waals surface area contributed by atoms with Crippen molar-refractivity contribution in [1.82, 2.24) is 0 Å². The van der Waals surface area contributed by atoms with Crippen molar-refractivity contribution in [1.29, 1.82) is 0 Å². The van der Waals surface area contributed by atoms with E-state index >= 15 is 0 Å². The Morgan fingerprint density at radius 2 is 2.05 bits per heavy atom. The van der Waals surface area contributed by atoms with Gasteiger partial charge in [0.15, 0.2) is 0 Å². The second-order valence-corrected chi connectivity index (χ2v) is 6.52. The maximum atomic E-state index is 11.0. The molecule has 0 aliphatic carbocycles. The summed E-state index contributed by atoms with van der Waals surface area (Å²) in [5, 5.41) is 9.01. The van der Waals surface area contributed by atoms with Gasteiger partial charge >= 0.3 is 5.97 Å². The lowest BCUT2D eigenvalue weighted by molar-refractivity contribution is -0.139. The second kappa shape index (κ2) is 6.85. The van der Waals surface area contributed by atoms with Crippen molar-refractivity contribution >= 4 is 17.7 Å². The molecule has 20 heavy (non-hydrogen) atoms. The number of rotatable bonds is 7. The summed E-state index contributed by atoms with van der Waals surface area (Å²) in [6, 6.07) is 4.61. The monoisotopic (exact) mass is 299 g/mol. The van der Waals surface area contributed by atoms with E-state index in [1.54, 1.807) is 14.2 Å². The third-order valence-corrected chi connectivity index (χ3v) is 4.56. The quantitative estimate of drug-likeness (QED) is 0.802. The number of aliphatic carboxylic acids is 1. The Kier molecular flexibility index (Phi) is 5.71. The van der Waals surface area contributed by atoms with Gasteiger partial charge in [0.1, 0.15) is 17.5 Å². The van der Waals surface area contributed by atoms with Crippen molar-refractivity contribution in [2.24, 2.45) is 5.73 Å². The molecule has 0 heterocycles. The molecule has 6 heteroatoms. The fourth-order valence-electron chi connectivity index (χ4n) is 1.65. The molecule has 3 N–H and O–H groups in total. The molecule has 0 aliphatic heterocycles. The molecular weight excluding hydrogens is 278 g/mol. The minimum atomic E-state index is -1.000. The number of methoxy groups -OCH3 is 2.